The van der Waals surface area contributed by atoms with Crippen molar-refractivity contribution in [3.63, 3.8) is 0 Å². The van der Waals surface area contributed by atoms with Crippen LogP contribution in [0.25, 0.3) is 0 Å². The van der Waals surface area contributed by atoms with E-state index in [0.29, 0.717) is 32.8 Å². The number of amides is 1. The summed E-state index contributed by atoms with van der Waals surface area (Å²) in [5, 5.41) is 5.94. The van der Waals surface area contributed by atoms with Crippen molar-refractivity contribution in [1.29, 1.82) is 0 Å². The Balaban J connectivity index is 3.92. The third-order valence-corrected chi connectivity index (χ3v) is 3.71. The number of carbonyl (C=O) groups excluding carboxylic acids is 1. The maximum atomic E-state index is 12.2. The molecular formula is C17H36N2O3. The van der Waals surface area contributed by atoms with Crippen molar-refractivity contribution in [1.82, 2.24) is 10.6 Å². The van der Waals surface area contributed by atoms with Gasteiger partial charge in [-0.05, 0) is 33.7 Å². The molecule has 0 aliphatic heterocycles. The number of hydrogen-bond donors (Lipinski definition) is 2. The molecule has 5 nitrogen and oxygen atoms in total. The van der Waals surface area contributed by atoms with Crippen LogP contribution in [0.5, 0.6) is 0 Å². The lowest BCUT2D eigenvalue weighted by Crippen LogP contribution is -2.40. The number of ether oxygens (including phenoxy) is 2. The summed E-state index contributed by atoms with van der Waals surface area (Å²) < 4.78 is 11.3. The lowest BCUT2D eigenvalue weighted by Gasteiger charge is -2.28. The second-order valence-electron chi connectivity index (χ2n) is 6.96. The van der Waals surface area contributed by atoms with E-state index in [4.69, 9.17) is 9.47 Å². The summed E-state index contributed by atoms with van der Waals surface area (Å²) in [6.45, 7) is 13.5. The van der Waals surface area contributed by atoms with Gasteiger partial charge < -0.3 is 20.1 Å². The zero-order chi connectivity index (χ0) is 17.1. The highest BCUT2D eigenvalue weighted by atomic mass is 16.5. The van der Waals surface area contributed by atoms with Crippen LogP contribution in [0.1, 0.15) is 53.9 Å². The van der Waals surface area contributed by atoms with Crippen molar-refractivity contribution < 1.29 is 14.3 Å². The first-order valence-electron chi connectivity index (χ1n) is 8.40. The van der Waals surface area contributed by atoms with E-state index in [-0.39, 0.29) is 11.5 Å². The second-order valence-corrected chi connectivity index (χ2v) is 6.96. The number of nitrogens with one attached hydrogen (secondary N) is 2. The quantitative estimate of drug-likeness (QED) is 0.512. The highest BCUT2D eigenvalue weighted by Gasteiger charge is 2.28. The highest BCUT2D eigenvalue weighted by Crippen LogP contribution is 2.23. The van der Waals surface area contributed by atoms with Gasteiger partial charge in [-0.25, -0.2) is 0 Å². The third-order valence-electron chi connectivity index (χ3n) is 3.71. The monoisotopic (exact) mass is 316 g/mol. The molecule has 132 valence electrons. The minimum atomic E-state index is -0.423. The molecule has 0 atom stereocenters. The maximum absolute atomic E-state index is 12.2. The average Bonchev–Trinajstić information content (AvgIpc) is 2.41. The molecule has 0 unspecified atom stereocenters. The molecule has 0 aliphatic carbocycles. The van der Waals surface area contributed by atoms with Crippen molar-refractivity contribution in [3.8, 4) is 0 Å². The Bertz CT molecular complexity index is 304. The highest BCUT2D eigenvalue weighted by molar-refractivity contribution is 5.81. The molecule has 0 bridgehead atoms. The Kier molecular flexibility index (Phi) is 10.6. The van der Waals surface area contributed by atoms with E-state index >= 15 is 0 Å². The Labute approximate surface area is 136 Å². The SMILES string of the molecule is CCCC(C)(C)OCCC(C)(C)C(=O)NCCOCCNC. The van der Waals surface area contributed by atoms with Crippen molar-refractivity contribution in [2.75, 3.05) is 40.0 Å². The Hall–Kier alpha value is -0.650. The summed E-state index contributed by atoms with van der Waals surface area (Å²) >= 11 is 0. The van der Waals surface area contributed by atoms with Gasteiger partial charge in [0.05, 0.1) is 18.8 Å². The van der Waals surface area contributed by atoms with E-state index in [2.05, 4.69) is 31.4 Å². The van der Waals surface area contributed by atoms with Crippen LogP contribution in [0.2, 0.25) is 0 Å². The number of carbonyl (C=O) groups is 1. The molecule has 0 rings (SSSR count). The Morgan fingerprint density at radius 2 is 1.64 bits per heavy atom. The van der Waals surface area contributed by atoms with Crippen LogP contribution >= 0.6 is 0 Å². The van der Waals surface area contributed by atoms with Crippen molar-refractivity contribution in [2.45, 2.75) is 59.5 Å². The van der Waals surface area contributed by atoms with Gasteiger partial charge in [-0.3, -0.25) is 4.79 Å². The van der Waals surface area contributed by atoms with Gasteiger partial charge in [0.2, 0.25) is 5.91 Å². The van der Waals surface area contributed by atoms with Gasteiger partial charge in [0.15, 0.2) is 0 Å². The first-order valence-corrected chi connectivity index (χ1v) is 8.40. The minimum absolute atomic E-state index is 0.0571. The Morgan fingerprint density at radius 3 is 2.23 bits per heavy atom. The van der Waals surface area contributed by atoms with Crippen LogP contribution in [0.15, 0.2) is 0 Å². The fourth-order valence-electron chi connectivity index (χ4n) is 2.12. The normalized spacial score (nSPS) is 12.5. The molecule has 0 radical (unpaired) electrons. The zero-order valence-electron chi connectivity index (χ0n) is 15.4. The van der Waals surface area contributed by atoms with Crippen molar-refractivity contribution in [3.05, 3.63) is 0 Å². The van der Waals surface area contributed by atoms with Crippen LogP contribution in [-0.2, 0) is 14.3 Å². The van der Waals surface area contributed by atoms with Crippen molar-refractivity contribution >= 4 is 5.91 Å². The zero-order valence-corrected chi connectivity index (χ0v) is 15.4. The van der Waals surface area contributed by atoms with E-state index < -0.39 is 5.41 Å². The molecule has 0 saturated carbocycles. The number of rotatable bonds is 13. The lowest BCUT2D eigenvalue weighted by atomic mass is 9.88. The summed E-state index contributed by atoms with van der Waals surface area (Å²) in [7, 11) is 1.89. The molecule has 0 aromatic rings. The lowest BCUT2D eigenvalue weighted by molar-refractivity contribution is -0.131. The molecule has 22 heavy (non-hydrogen) atoms. The average molecular weight is 316 g/mol. The molecule has 5 heteroatoms. The van der Waals surface area contributed by atoms with E-state index in [1.807, 2.05) is 20.9 Å². The summed E-state index contributed by atoms with van der Waals surface area (Å²) in [5.41, 5.74) is -0.532. The van der Waals surface area contributed by atoms with Crippen LogP contribution in [-0.4, -0.2) is 51.5 Å². The van der Waals surface area contributed by atoms with Gasteiger partial charge in [0.1, 0.15) is 0 Å². The molecule has 0 aromatic heterocycles. The molecule has 0 aromatic carbocycles. The standard InChI is InChI=1S/C17H36N2O3/c1-7-8-17(4,5)22-12-9-16(2,3)15(20)19-11-14-21-13-10-18-6/h18H,7-14H2,1-6H3,(H,19,20). The molecular weight excluding hydrogens is 280 g/mol. The second kappa shape index (κ2) is 11.0. The fraction of sp³-hybridized carbons (Fsp3) is 0.941. The summed E-state index contributed by atoms with van der Waals surface area (Å²) in [4.78, 5) is 12.2. The van der Waals surface area contributed by atoms with Gasteiger partial charge in [0, 0.05) is 25.1 Å². The van der Waals surface area contributed by atoms with Crippen LogP contribution in [0.4, 0.5) is 0 Å². The summed E-state index contributed by atoms with van der Waals surface area (Å²) in [6.07, 6.45) is 2.85. The molecule has 0 aliphatic rings. The van der Waals surface area contributed by atoms with Gasteiger partial charge in [-0.1, -0.05) is 27.2 Å². The molecule has 2 N–H and O–H groups in total. The third kappa shape index (κ3) is 10.1. The van der Waals surface area contributed by atoms with Crippen LogP contribution in [0, 0.1) is 5.41 Å². The maximum Gasteiger partial charge on any atom is 0.225 e. The van der Waals surface area contributed by atoms with Gasteiger partial charge in [0.25, 0.3) is 0 Å². The minimum Gasteiger partial charge on any atom is -0.378 e. The largest absolute Gasteiger partial charge is 0.378 e. The van der Waals surface area contributed by atoms with Gasteiger partial charge in [-0.15, -0.1) is 0 Å². The van der Waals surface area contributed by atoms with Crippen molar-refractivity contribution in [2.24, 2.45) is 5.41 Å². The molecule has 0 saturated heterocycles. The fourth-order valence-corrected chi connectivity index (χ4v) is 2.12. The first-order chi connectivity index (χ1) is 10.2. The van der Waals surface area contributed by atoms with Gasteiger partial charge >= 0.3 is 0 Å². The van der Waals surface area contributed by atoms with E-state index in [1.165, 1.54) is 0 Å². The molecule has 0 spiro atoms. The Morgan fingerprint density at radius 1 is 1.00 bits per heavy atom. The summed E-state index contributed by atoms with van der Waals surface area (Å²) in [5.74, 6) is 0.0571. The number of hydrogen-bond acceptors (Lipinski definition) is 4. The molecule has 0 heterocycles. The molecule has 1 amide bonds. The van der Waals surface area contributed by atoms with Crippen LogP contribution in [0.3, 0.4) is 0 Å². The topological polar surface area (TPSA) is 59.6 Å². The van der Waals surface area contributed by atoms with Gasteiger partial charge in [-0.2, -0.15) is 0 Å². The van der Waals surface area contributed by atoms with E-state index in [0.717, 1.165) is 19.4 Å². The predicted octanol–water partition coefficient (Wildman–Crippen LogP) is 2.35. The van der Waals surface area contributed by atoms with E-state index in [1.54, 1.807) is 0 Å². The summed E-state index contributed by atoms with van der Waals surface area (Å²) in [6, 6.07) is 0. The molecule has 0 fully saturated rings. The first kappa shape index (κ1) is 21.4. The van der Waals surface area contributed by atoms with E-state index in [9.17, 15) is 4.79 Å². The predicted molar refractivity (Wildman–Crippen MR) is 91.1 cm³/mol. The number of likely N-dealkylation sites (N-methyl/N-ethyl adjacent to an activating group) is 1. The van der Waals surface area contributed by atoms with Crippen LogP contribution < -0.4 is 10.6 Å². The smallest absolute Gasteiger partial charge is 0.225 e.